The van der Waals surface area contributed by atoms with Gasteiger partial charge >= 0.3 is 0 Å². The molecule has 0 saturated carbocycles. The minimum absolute atomic E-state index is 0.410. The Morgan fingerprint density at radius 3 is 3.21 bits per heavy atom. The number of hydrogen-bond donors (Lipinski definition) is 1. The summed E-state index contributed by atoms with van der Waals surface area (Å²) in [6.45, 7) is 2.20. The molecule has 14 heavy (non-hydrogen) atoms. The summed E-state index contributed by atoms with van der Waals surface area (Å²) in [5, 5.41) is 4.21. The predicted molar refractivity (Wildman–Crippen MR) is 51.5 cm³/mol. The average molecular weight is 196 g/mol. The maximum absolute atomic E-state index is 5.52. The molecule has 5 nitrogen and oxygen atoms in total. The standard InChI is InChI=1S/C9H16N4O/c10-6-9-11-7-13(12-9)4-3-8-2-1-5-14-8/h7-8H,1-6,10H2. The van der Waals surface area contributed by atoms with Gasteiger partial charge in [0.1, 0.15) is 6.33 Å². The molecule has 0 amide bonds. The van der Waals surface area contributed by atoms with Crippen LogP contribution in [0, 0.1) is 0 Å². The van der Waals surface area contributed by atoms with E-state index >= 15 is 0 Å². The molecule has 0 aliphatic carbocycles. The monoisotopic (exact) mass is 196 g/mol. The molecule has 0 aromatic carbocycles. The van der Waals surface area contributed by atoms with Crippen molar-refractivity contribution in [2.75, 3.05) is 6.61 Å². The third-order valence-corrected chi connectivity index (χ3v) is 2.47. The van der Waals surface area contributed by atoms with Gasteiger partial charge in [0.15, 0.2) is 5.82 Å². The second-order valence-electron chi connectivity index (χ2n) is 3.55. The largest absolute Gasteiger partial charge is 0.378 e. The Morgan fingerprint density at radius 2 is 2.57 bits per heavy atom. The van der Waals surface area contributed by atoms with Gasteiger partial charge < -0.3 is 10.5 Å². The first-order valence-electron chi connectivity index (χ1n) is 5.08. The summed E-state index contributed by atoms with van der Waals surface area (Å²) in [5.41, 5.74) is 5.42. The molecule has 0 radical (unpaired) electrons. The Kier molecular flexibility index (Phi) is 3.10. The zero-order valence-electron chi connectivity index (χ0n) is 8.22. The summed E-state index contributed by atoms with van der Waals surface area (Å²) in [6.07, 6.45) is 5.54. The molecule has 1 fully saturated rings. The van der Waals surface area contributed by atoms with Crippen LogP contribution in [0.3, 0.4) is 0 Å². The lowest BCUT2D eigenvalue weighted by Crippen LogP contribution is -2.10. The molecule has 1 aromatic heterocycles. The minimum atomic E-state index is 0.410. The van der Waals surface area contributed by atoms with Crippen molar-refractivity contribution in [3.05, 3.63) is 12.2 Å². The van der Waals surface area contributed by atoms with Crippen LogP contribution in [0.4, 0.5) is 0 Å². The van der Waals surface area contributed by atoms with E-state index in [4.69, 9.17) is 10.5 Å². The molecular formula is C9H16N4O. The van der Waals surface area contributed by atoms with E-state index in [2.05, 4.69) is 10.1 Å². The van der Waals surface area contributed by atoms with Crippen LogP contribution in [-0.2, 0) is 17.8 Å². The molecule has 1 unspecified atom stereocenters. The van der Waals surface area contributed by atoms with Gasteiger partial charge in [-0.05, 0) is 19.3 Å². The van der Waals surface area contributed by atoms with Crippen LogP contribution in [0.25, 0.3) is 0 Å². The van der Waals surface area contributed by atoms with Gasteiger partial charge in [0.05, 0.1) is 12.6 Å². The maximum Gasteiger partial charge on any atom is 0.164 e. The van der Waals surface area contributed by atoms with Crippen molar-refractivity contribution in [1.29, 1.82) is 0 Å². The second kappa shape index (κ2) is 4.52. The van der Waals surface area contributed by atoms with E-state index in [1.54, 1.807) is 6.33 Å². The van der Waals surface area contributed by atoms with Gasteiger partial charge in [-0.1, -0.05) is 0 Å². The van der Waals surface area contributed by atoms with Crippen molar-refractivity contribution < 1.29 is 4.74 Å². The van der Waals surface area contributed by atoms with E-state index in [1.165, 1.54) is 12.8 Å². The molecule has 0 spiro atoms. The van der Waals surface area contributed by atoms with Crippen LogP contribution >= 0.6 is 0 Å². The highest BCUT2D eigenvalue weighted by Gasteiger charge is 2.15. The van der Waals surface area contributed by atoms with E-state index in [0.717, 1.165) is 19.6 Å². The number of rotatable bonds is 4. The topological polar surface area (TPSA) is 66.0 Å². The average Bonchev–Trinajstić information content (AvgIpc) is 2.86. The molecule has 2 rings (SSSR count). The molecule has 2 heterocycles. The van der Waals surface area contributed by atoms with Crippen LogP contribution in [0.5, 0.6) is 0 Å². The number of nitrogens with zero attached hydrogens (tertiary/aromatic N) is 3. The van der Waals surface area contributed by atoms with Gasteiger partial charge in [0.25, 0.3) is 0 Å². The SMILES string of the molecule is NCc1ncn(CCC2CCCO2)n1. The summed E-state index contributed by atoms with van der Waals surface area (Å²) < 4.78 is 7.36. The Labute approximate surface area is 83.3 Å². The minimum Gasteiger partial charge on any atom is -0.378 e. The van der Waals surface area contributed by atoms with Gasteiger partial charge in [-0.3, -0.25) is 4.68 Å². The first-order valence-corrected chi connectivity index (χ1v) is 5.08. The summed E-state index contributed by atoms with van der Waals surface area (Å²) in [6, 6.07) is 0. The molecule has 1 atom stereocenters. The van der Waals surface area contributed by atoms with E-state index in [0.29, 0.717) is 18.5 Å². The smallest absolute Gasteiger partial charge is 0.164 e. The van der Waals surface area contributed by atoms with Crippen LogP contribution in [0.15, 0.2) is 6.33 Å². The Morgan fingerprint density at radius 1 is 1.64 bits per heavy atom. The van der Waals surface area contributed by atoms with Crippen LogP contribution < -0.4 is 5.73 Å². The van der Waals surface area contributed by atoms with Gasteiger partial charge in [0, 0.05) is 13.2 Å². The van der Waals surface area contributed by atoms with Gasteiger partial charge in [-0.25, -0.2) is 4.98 Å². The molecule has 5 heteroatoms. The number of aryl methyl sites for hydroxylation is 1. The molecule has 2 N–H and O–H groups in total. The van der Waals surface area contributed by atoms with Gasteiger partial charge in [-0.15, -0.1) is 0 Å². The fourth-order valence-corrected chi connectivity index (χ4v) is 1.68. The van der Waals surface area contributed by atoms with Crippen molar-refractivity contribution in [2.24, 2.45) is 5.73 Å². The molecule has 1 saturated heterocycles. The Hall–Kier alpha value is -0.940. The van der Waals surface area contributed by atoms with E-state index in [1.807, 2.05) is 4.68 Å². The van der Waals surface area contributed by atoms with Crippen molar-refractivity contribution in [2.45, 2.75) is 38.5 Å². The van der Waals surface area contributed by atoms with E-state index in [9.17, 15) is 0 Å². The molecule has 1 aliphatic heterocycles. The van der Waals surface area contributed by atoms with Gasteiger partial charge in [0.2, 0.25) is 0 Å². The summed E-state index contributed by atoms with van der Waals surface area (Å²) in [7, 11) is 0. The van der Waals surface area contributed by atoms with E-state index < -0.39 is 0 Å². The lowest BCUT2D eigenvalue weighted by molar-refractivity contribution is 0.0994. The number of nitrogens with two attached hydrogens (primary N) is 1. The highest BCUT2D eigenvalue weighted by molar-refractivity contribution is 4.79. The fourth-order valence-electron chi connectivity index (χ4n) is 1.68. The number of aromatic nitrogens is 3. The zero-order chi connectivity index (χ0) is 9.80. The Balaban J connectivity index is 1.79. The van der Waals surface area contributed by atoms with Crippen molar-refractivity contribution in [3.8, 4) is 0 Å². The van der Waals surface area contributed by atoms with Crippen LogP contribution in [0.1, 0.15) is 25.1 Å². The highest BCUT2D eigenvalue weighted by atomic mass is 16.5. The highest BCUT2D eigenvalue weighted by Crippen LogP contribution is 2.15. The fraction of sp³-hybridized carbons (Fsp3) is 0.778. The quantitative estimate of drug-likeness (QED) is 0.752. The number of hydrogen-bond acceptors (Lipinski definition) is 4. The zero-order valence-corrected chi connectivity index (χ0v) is 8.22. The molecule has 0 bridgehead atoms. The Bertz CT molecular complexity index is 280. The predicted octanol–water partition coefficient (Wildman–Crippen LogP) is 0.306. The van der Waals surface area contributed by atoms with Crippen LogP contribution in [0.2, 0.25) is 0 Å². The summed E-state index contributed by atoms with van der Waals surface area (Å²) in [5.74, 6) is 0.706. The third-order valence-electron chi connectivity index (χ3n) is 2.47. The molecule has 1 aliphatic rings. The molecular weight excluding hydrogens is 180 g/mol. The third kappa shape index (κ3) is 2.30. The molecule has 1 aromatic rings. The van der Waals surface area contributed by atoms with Crippen molar-refractivity contribution >= 4 is 0 Å². The van der Waals surface area contributed by atoms with Crippen molar-refractivity contribution in [1.82, 2.24) is 14.8 Å². The maximum atomic E-state index is 5.52. The van der Waals surface area contributed by atoms with E-state index in [-0.39, 0.29) is 0 Å². The second-order valence-corrected chi connectivity index (χ2v) is 3.55. The first kappa shape index (κ1) is 9.61. The molecule has 78 valence electrons. The number of ether oxygens (including phenoxy) is 1. The normalized spacial score (nSPS) is 21.6. The lowest BCUT2D eigenvalue weighted by Gasteiger charge is -2.07. The van der Waals surface area contributed by atoms with Crippen molar-refractivity contribution in [3.63, 3.8) is 0 Å². The first-order chi connectivity index (χ1) is 6.88. The van der Waals surface area contributed by atoms with Crippen LogP contribution in [-0.4, -0.2) is 27.5 Å². The lowest BCUT2D eigenvalue weighted by atomic mass is 10.2. The summed E-state index contributed by atoms with van der Waals surface area (Å²) >= 11 is 0. The van der Waals surface area contributed by atoms with Gasteiger partial charge in [-0.2, -0.15) is 5.10 Å². The summed E-state index contributed by atoms with van der Waals surface area (Å²) in [4.78, 5) is 4.07.